The number of hydrogen-bond donors (Lipinski definition) is 0. The van der Waals surface area contributed by atoms with Crippen molar-refractivity contribution >= 4 is 36.7 Å². The van der Waals surface area contributed by atoms with Crippen LogP contribution in [-0.2, 0) is 12.6 Å². The van der Waals surface area contributed by atoms with Crippen molar-refractivity contribution < 1.29 is 0 Å². The minimum atomic E-state index is -2.92. The van der Waals surface area contributed by atoms with Crippen molar-refractivity contribution in [3.05, 3.63) is 126 Å². The van der Waals surface area contributed by atoms with Gasteiger partial charge in [-0.25, -0.2) is 0 Å². The molecule has 0 nitrogen and oxygen atoms in total. The molecule has 2 heteroatoms. The van der Waals surface area contributed by atoms with Crippen LogP contribution in [-0.4, -0.2) is 0 Å². The van der Waals surface area contributed by atoms with Gasteiger partial charge in [0.1, 0.15) is 0 Å². The first kappa shape index (κ1) is 23.0. The van der Waals surface area contributed by atoms with Crippen molar-refractivity contribution in [2.75, 3.05) is 0 Å². The van der Waals surface area contributed by atoms with Crippen LogP contribution in [0.1, 0.15) is 37.3 Å². The van der Waals surface area contributed by atoms with E-state index < -0.39 is 5.31 Å². The molecule has 0 saturated carbocycles. The summed E-state index contributed by atoms with van der Waals surface area (Å²) in [4.78, 5) is 0. The van der Waals surface area contributed by atoms with E-state index in [4.69, 9.17) is 0 Å². The molecule has 0 spiro atoms. The van der Waals surface area contributed by atoms with Crippen molar-refractivity contribution in [1.82, 2.24) is 0 Å². The van der Waals surface area contributed by atoms with E-state index >= 15 is 0 Å². The molecule has 0 aliphatic heterocycles. The molecular weight excluding hydrogens is 471 g/mol. The fourth-order valence-electron chi connectivity index (χ4n) is 4.67. The van der Waals surface area contributed by atoms with E-state index in [1.54, 1.807) is 0 Å². The molecule has 0 N–H and O–H groups in total. The zero-order chi connectivity index (χ0) is 22.3. The van der Waals surface area contributed by atoms with Gasteiger partial charge < -0.3 is 0 Å². The van der Waals surface area contributed by atoms with Gasteiger partial charge in [0.15, 0.2) is 0 Å². The molecule has 0 atom stereocenters. The molecule has 0 aromatic heterocycles. The summed E-state index contributed by atoms with van der Waals surface area (Å²) in [6, 6.07) is 42.5. The van der Waals surface area contributed by atoms with Gasteiger partial charge in [-0.3, -0.25) is 0 Å². The zero-order valence-electron chi connectivity index (χ0n) is 18.8. The van der Waals surface area contributed by atoms with Gasteiger partial charge in [-0.05, 0) is 0 Å². The fraction of sp³-hybridized carbons (Fsp3) is 0.200. The van der Waals surface area contributed by atoms with Crippen LogP contribution in [0.4, 0.5) is 0 Å². The number of benzene rings is 4. The average Bonchev–Trinajstić information content (AvgIpc) is 2.87. The van der Waals surface area contributed by atoms with Crippen LogP contribution < -0.4 is 15.9 Å². The second-order valence-electron chi connectivity index (χ2n) is 8.62. The van der Waals surface area contributed by atoms with Gasteiger partial charge in [0.25, 0.3) is 0 Å². The molecule has 4 aromatic carbocycles. The molecule has 4 rings (SSSR count). The predicted molar refractivity (Wildman–Crippen MR) is 147 cm³/mol. The average molecular weight is 503 g/mol. The summed E-state index contributed by atoms with van der Waals surface area (Å²) in [7, 11) is 0. The first-order valence-corrected chi connectivity index (χ1v) is 16.1. The second kappa shape index (κ2) is 10.2. The van der Waals surface area contributed by atoms with Crippen molar-refractivity contribution in [2.24, 2.45) is 0 Å². The molecule has 0 radical (unpaired) electrons. The van der Waals surface area contributed by atoms with Crippen molar-refractivity contribution in [3.8, 4) is 0 Å². The van der Waals surface area contributed by atoms with Gasteiger partial charge >= 0.3 is 202 Å². The third kappa shape index (κ3) is 4.47. The number of hydrogen-bond acceptors (Lipinski definition) is 0. The van der Waals surface area contributed by atoms with Crippen molar-refractivity contribution in [3.63, 3.8) is 0 Å². The third-order valence-corrected chi connectivity index (χ3v) is 16.0. The topological polar surface area (TPSA) is 0 Å². The maximum atomic E-state index is 4.55. The Morgan fingerprint density at radius 1 is 0.531 bits per heavy atom. The SMILES string of the molecule is CCCCCc1ccc(CP(Br)(c2ccccc2)(c2ccccc2)c2ccccc2)cc1. The van der Waals surface area contributed by atoms with E-state index in [2.05, 4.69) is 138 Å². The van der Waals surface area contributed by atoms with Gasteiger partial charge in [-0.15, -0.1) is 0 Å². The first-order chi connectivity index (χ1) is 15.6. The summed E-state index contributed by atoms with van der Waals surface area (Å²) >= 11 is 4.55. The molecule has 0 amide bonds. The van der Waals surface area contributed by atoms with Crippen LogP contribution in [0.2, 0.25) is 0 Å². The molecule has 0 fully saturated rings. The van der Waals surface area contributed by atoms with Gasteiger partial charge in [0.2, 0.25) is 0 Å². The van der Waals surface area contributed by atoms with Crippen molar-refractivity contribution in [1.29, 1.82) is 0 Å². The van der Waals surface area contributed by atoms with Gasteiger partial charge in [0.05, 0.1) is 0 Å². The molecule has 0 unspecified atom stereocenters. The molecule has 0 aliphatic carbocycles. The van der Waals surface area contributed by atoms with Crippen LogP contribution in [0.5, 0.6) is 0 Å². The van der Waals surface area contributed by atoms with E-state index in [1.807, 2.05) is 0 Å². The summed E-state index contributed by atoms with van der Waals surface area (Å²) in [5, 5.41) is 1.17. The Balaban J connectivity index is 1.87. The Labute approximate surface area is 201 Å². The summed E-state index contributed by atoms with van der Waals surface area (Å²) < 4.78 is 0. The molecular formula is C30H32BrP. The Hall–Kier alpha value is -2.21. The molecule has 0 bridgehead atoms. The van der Waals surface area contributed by atoms with Crippen molar-refractivity contribution in [2.45, 2.75) is 38.8 Å². The quantitative estimate of drug-likeness (QED) is 0.162. The Kier molecular flexibility index (Phi) is 7.29. The monoisotopic (exact) mass is 502 g/mol. The van der Waals surface area contributed by atoms with Crippen LogP contribution in [0.15, 0.2) is 115 Å². The maximum absolute atomic E-state index is 4.55. The summed E-state index contributed by atoms with van der Waals surface area (Å²) in [5.41, 5.74) is 2.81. The Morgan fingerprint density at radius 3 is 1.34 bits per heavy atom. The van der Waals surface area contributed by atoms with Crippen LogP contribution in [0.25, 0.3) is 0 Å². The minimum absolute atomic E-state index is 0.943. The van der Waals surface area contributed by atoms with E-state index in [1.165, 1.54) is 52.7 Å². The van der Waals surface area contributed by atoms with Gasteiger partial charge in [-0.2, -0.15) is 0 Å². The standard InChI is InChI=1S/C30H32BrP/c1-2-3-7-14-26-21-23-27(24-22-26)25-32(31,28-15-8-4-9-16-28,29-17-10-5-11-18-29)30-19-12-6-13-20-30/h4-6,8-13,15-24H,2-3,7,14,25H2,1H3. The number of rotatable bonds is 9. The molecule has 32 heavy (non-hydrogen) atoms. The van der Waals surface area contributed by atoms with Crippen LogP contribution in [0.3, 0.4) is 0 Å². The van der Waals surface area contributed by atoms with Gasteiger partial charge in [0, 0.05) is 0 Å². The Morgan fingerprint density at radius 2 is 0.938 bits per heavy atom. The molecule has 0 heterocycles. The fourth-order valence-corrected chi connectivity index (χ4v) is 12.4. The van der Waals surface area contributed by atoms with Crippen LogP contribution >= 0.6 is 20.8 Å². The number of unbranched alkanes of at least 4 members (excludes halogenated alkanes) is 2. The normalized spacial score (nSPS) is 12.8. The number of halogens is 1. The molecule has 0 saturated heterocycles. The Bertz CT molecular complexity index is 1010. The predicted octanol–water partition coefficient (Wildman–Crippen LogP) is 7.76. The molecule has 4 aromatic rings. The van der Waals surface area contributed by atoms with E-state index in [0.29, 0.717) is 0 Å². The summed E-state index contributed by atoms with van der Waals surface area (Å²) in [6.07, 6.45) is 5.95. The number of aryl methyl sites for hydroxylation is 1. The summed E-state index contributed by atoms with van der Waals surface area (Å²) in [5.74, 6) is 0. The molecule has 164 valence electrons. The van der Waals surface area contributed by atoms with E-state index in [-0.39, 0.29) is 0 Å². The van der Waals surface area contributed by atoms with E-state index in [0.717, 1.165) is 6.16 Å². The zero-order valence-corrected chi connectivity index (χ0v) is 21.3. The third-order valence-electron chi connectivity index (χ3n) is 6.46. The summed E-state index contributed by atoms with van der Waals surface area (Å²) in [6.45, 7) is 2.26. The first-order valence-electron chi connectivity index (χ1n) is 11.6. The second-order valence-corrected chi connectivity index (χ2v) is 17.5. The van der Waals surface area contributed by atoms with Crippen LogP contribution in [0, 0.1) is 0 Å². The van der Waals surface area contributed by atoms with E-state index in [9.17, 15) is 0 Å². The molecule has 0 aliphatic rings. The van der Waals surface area contributed by atoms with Gasteiger partial charge in [-0.1, -0.05) is 0 Å².